The molecule has 0 bridgehead atoms. The average Bonchev–Trinajstić information content (AvgIpc) is 3.26. The Balaban J connectivity index is 1.48. The minimum absolute atomic E-state index is 0.0423. The zero-order chi connectivity index (χ0) is 25.7. The molecule has 5 nitrogen and oxygen atoms in total. The lowest BCUT2D eigenvalue weighted by molar-refractivity contribution is 0.0826. The van der Waals surface area contributed by atoms with E-state index in [0.29, 0.717) is 28.3 Å². The number of hydrogen-bond donors (Lipinski definition) is 4. The van der Waals surface area contributed by atoms with Crippen molar-refractivity contribution in [3.05, 3.63) is 106 Å². The third-order valence-electron chi connectivity index (χ3n) is 6.07. The van der Waals surface area contributed by atoms with Crippen molar-refractivity contribution in [2.45, 2.75) is 38.5 Å². The van der Waals surface area contributed by atoms with Gasteiger partial charge in [-0.1, -0.05) is 48.9 Å². The van der Waals surface area contributed by atoms with E-state index in [0.717, 1.165) is 23.4 Å². The molecule has 188 valence electrons. The number of amides is 1. The fourth-order valence-electron chi connectivity index (χ4n) is 4.20. The number of H-pyrrole nitrogens is 1. The number of benzene rings is 3. The van der Waals surface area contributed by atoms with Crippen molar-refractivity contribution in [1.82, 2.24) is 15.6 Å². The molecule has 1 heterocycles. The monoisotopic (exact) mass is 511 g/mol. The molecule has 0 saturated carbocycles. The Labute approximate surface area is 213 Å². The molecule has 4 aromatic rings. The van der Waals surface area contributed by atoms with Gasteiger partial charge in [-0.15, -0.1) is 0 Å². The lowest BCUT2D eigenvalue weighted by Gasteiger charge is -2.25. The number of fused-ring (bicyclic) bond motifs is 1. The Morgan fingerprint density at radius 3 is 2.50 bits per heavy atom. The van der Waals surface area contributed by atoms with Gasteiger partial charge in [0, 0.05) is 35.1 Å². The second-order valence-electron chi connectivity index (χ2n) is 8.85. The highest BCUT2D eigenvalue weighted by molar-refractivity contribution is 6.31. The molecule has 3 aromatic carbocycles. The summed E-state index contributed by atoms with van der Waals surface area (Å²) in [5, 5.41) is 18.3. The summed E-state index contributed by atoms with van der Waals surface area (Å²) in [5.74, 6) is -1.88. The van der Waals surface area contributed by atoms with Gasteiger partial charge >= 0.3 is 0 Å². The number of aliphatic hydroxyl groups is 1. The molecule has 0 saturated heterocycles. The molecule has 0 aliphatic heterocycles. The van der Waals surface area contributed by atoms with Crippen molar-refractivity contribution in [2.24, 2.45) is 0 Å². The first-order chi connectivity index (χ1) is 17.3. The third-order valence-corrected chi connectivity index (χ3v) is 6.31. The summed E-state index contributed by atoms with van der Waals surface area (Å²) >= 11 is 6.04. The first-order valence-electron chi connectivity index (χ1n) is 11.8. The normalized spacial score (nSPS) is 13.0. The summed E-state index contributed by atoms with van der Waals surface area (Å²) < 4.78 is 27.6. The maximum Gasteiger partial charge on any atom is 0.268 e. The van der Waals surface area contributed by atoms with Crippen LogP contribution in [0.3, 0.4) is 0 Å². The van der Waals surface area contributed by atoms with Crippen LogP contribution in [0.15, 0.2) is 66.7 Å². The zero-order valence-corrected chi connectivity index (χ0v) is 20.6. The molecule has 36 heavy (non-hydrogen) atoms. The molecule has 2 atom stereocenters. The number of hydrogen-bond acceptors (Lipinski definition) is 3. The summed E-state index contributed by atoms with van der Waals surface area (Å²) in [5.41, 5.74) is 3.61. The number of halogens is 3. The number of nitrogens with one attached hydrogen (secondary N) is 3. The van der Waals surface area contributed by atoms with Gasteiger partial charge in [-0.2, -0.15) is 0 Å². The van der Waals surface area contributed by atoms with Gasteiger partial charge in [-0.3, -0.25) is 4.79 Å². The fraction of sp³-hybridized carbons (Fsp3) is 0.250. The van der Waals surface area contributed by atoms with Crippen LogP contribution in [0.5, 0.6) is 0 Å². The van der Waals surface area contributed by atoms with E-state index in [2.05, 4.69) is 34.7 Å². The standard InChI is InChI=1S/C28H28ClF2N3O2/c1-2-17-4-3-5-18(8-17)15-32-16-27(35)25(11-19-9-22(30)14-23(31)10-19)34-28(36)26-12-20-6-7-21(29)13-24(20)33-26/h3-10,12-14,25,27,32-33,35H,2,11,15-16H2,1H3,(H,34,36)/t25-,27+/m1/s1. The highest BCUT2D eigenvalue weighted by atomic mass is 35.5. The Morgan fingerprint density at radius 2 is 1.75 bits per heavy atom. The lowest BCUT2D eigenvalue weighted by Crippen LogP contribution is -2.48. The van der Waals surface area contributed by atoms with Crippen LogP contribution in [0.1, 0.15) is 34.1 Å². The van der Waals surface area contributed by atoms with E-state index in [9.17, 15) is 18.7 Å². The lowest BCUT2D eigenvalue weighted by atomic mass is 10.00. The molecule has 4 rings (SSSR count). The Hall–Kier alpha value is -3.26. The quantitative estimate of drug-likeness (QED) is 0.238. The predicted molar refractivity (Wildman–Crippen MR) is 138 cm³/mol. The van der Waals surface area contributed by atoms with Crippen molar-refractivity contribution >= 4 is 28.4 Å². The van der Waals surface area contributed by atoms with E-state index in [1.54, 1.807) is 24.3 Å². The Morgan fingerprint density at radius 1 is 1.00 bits per heavy atom. The van der Waals surface area contributed by atoms with Crippen molar-refractivity contribution in [3.63, 3.8) is 0 Å². The maximum absolute atomic E-state index is 13.8. The summed E-state index contributed by atoms with van der Waals surface area (Å²) in [6.07, 6.45) is -0.0523. The topological polar surface area (TPSA) is 77.2 Å². The second-order valence-corrected chi connectivity index (χ2v) is 9.28. The summed E-state index contributed by atoms with van der Waals surface area (Å²) in [6, 6.07) is 17.4. The zero-order valence-electron chi connectivity index (χ0n) is 19.8. The maximum atomic E-state index is 13.8. The van der Waals surface area contributed by atoms with E-state index in [-0.39, 0.29) is 13.0 Å². The number of aliphatic hydroxyl groups excluding tert-OH is 1. The van der Waals surface area contributed by atoms with Gasteiger partial charge < -0.3 is 20.7 Å². The van der Waals surface area contributed by atoms with Gasteiger partial charge in [0.1, 0.15) is 17.3 Å². The first-order valence-corrected chi connectivity index (χ1v) is 12.2. The van der Waals surface area contributed by atoms with Crippen molar-refractivity contribution in [3.8, 4) is 0 Å². The molecule has 0 unspecified atom stereocenters. The molecular formula is C28H28ClF2N3O2. The van der Waals surface area contributed by atoms with Gasteiger partial charge in [0.15, 0.2) is 0 Å². The van der Waals surface area contributed by atoms with Crippen LogP contribution < -0.4 is 10.6 Å². The second kappa shape index (κ2) is 11.6. The van der Waals surface area contributed by atoms with Gasteiger partial charge in [0.05, 0.1) is 12.1 Å². The van der Waals surface area contributed by atoms with Gasteiger partial charge in [0.2, 0.25) is 0 Å². The highest BCUT2D eigenvalue weighted by Crippen LogP contribution is 2.20. The van der Waals surface area contributed by atoms with Gasteiger partial charge in [-0.25, -0.2) is 8.78 Å². The van der Waals surface area contributed by atoms with Crippen LogP contribution in [0.25, 0.3) is 10.9 Å². The summed E-state index contributed by atoms with van der Waals surface area (Å²) in [7, 11) is 0. The molecule has 1 aromatic heterocycles. The molecule has 0 radical (unpaired) electrons. The SMILES string of the molecule is CCc1cccc(CNC[C@H](O)[C@@H](Cc2cc(F)cc(F)c2)NC(=O)c2cc3ccc(Cl)cc3[nH]2)c1. The van der Waals surface area contributed by atoms with E-state index >= 15 is 0 Å². The molecule has 0 fully saturated rings. The number of aromatic nitrogens is 1. The van der Waals surface area contributed by atoms with Crippen LogP contribution in [0.4, 0.5) is 8.78 Å². The van der Waals surface area contributed by atoms with Crippen molar-refractivity contribution in [1.29, 1.82) is 0 Å². The highest BCUT2D eigenvalue weighted by Gasteiger charge is 2.24. The molecule has 4 N–H and O–H groups in total. The number of carbonyl (C=O) groups excluding carboxylic acids is 1. The van der Waals surface area contributed by atoms with Crippen molar-refractivity contribution < 1.29 is 18.7 Å². The summed E-state index contributed by atoms with van der Waals surface area (Å²) in [6.45, 7) is 2.78. The minimum Gasteiger partial charge on any atom is -0.390 e. The summed E-state index contributed by atoms with van der Waals surface area (Å²) in [4.78, 5) is 16.1. The van der Waals surface area contributed by atoms with E-state index in [1.807, 2.05) is 12.1 Å². The van der Waals surface area contributed by atoms with Gasteiger partial charge in [0.25, 0.3) is 5.91 Å². The Kier molecular flexibility index (Phi) is 8.36. The van der Waals surface area contributed by atoms with Crippen LogP contribution in [-0.4, -0.2) is 34.7 Å². The average molecular weight is 512 g/mol. The molecule has 0 aliphatic rings. The third kappa shape index (κ3) is 6.69. The molecule has 1 amide bonds. The van der Waals surface area contributed by atoms with Crippen molar-refractivity contribution in [2.75, 3.05) is 6.54 Å². The minimum atomic E-state index is -1.02. The van der Waals surface area contributed by atoms with Gasteiger partial charge in [-0.05, 0) is 59.9 Å². The van der Waals surface area contributed by atoms with E-state index < -0.39 is 29.7 Å². The number of aromatic amines is 1. The van der Waals surface area contributed by atoms with E-state index in [4.69, 9.17) is 11.6 Å². The number of rotatable bonds is 10. The van der Waals surface area contributed by atoms with Crippen LogP contribution in [0.2, 0.25) is 5.02 Å². The number of aryl methyl sites for hydroxylation is 1. The smallest absolute Gasteiger partial charge is 0.268 e. The molecule has 0 spiro atoms. The van der Waals surface area contributed by atoms with E-state index in [1.165, 1.54) is 17.7 Å². The molecule has 0 aliphatic carbocycles. The molecular weight excluding hydrogens is 484 g/mol. The Bertz CT molecular complexity index is 1340. The number of carbonyl (C=O) groups is 1. The van der Waals surface area contributed by atoms with Crippen LogP contribution >= 0.6 is 11.6 Å². The first kappa shape index (κ1) is 25.8. The largest absolute Gasteiger partial charge is 0.390 e. The fourth-order valence-corrected chi connectivity index (χ4v) is 4.37. The van der Waals surface area contributed by atoms with Crippen LogP contribution in [0, 0.1) is 11.6 Å². The predicted octanol–water partition coefficient (Wildman–Crippen LogP) is 5.15. The molecule has 8 heteroatoms. The van der Waals surface area contributed by atoms with Crippen LogP contribution in [-0.2, 0) is 19.4 Å².